The molecule has 0 heterocycles. The quantitative estimate of drug-likeness (QED) is 0.495. The van der Waals surface area contributed by atoms with Crippen LogP contribution in [0.25, 0.3) is 10.4 Å². The van der Waals surface area contributed by atoms with Crippen LogP contribution in [0.2, 0.25) is 26.2 Å². The first-order valence-electron chi connectivity index (χ1n) is 5.91. The molecule has 1 rings (SSSR count). The maximum atomic E-state index is 6.40. The molecular formula is C14H20Cl2Si2. The van der Waals surface area contributed by atoms with Crippen molar-refractivity contribution in [3.63, 3.8) is 0 Å². The van der Waals surface area contributed by atoms with Crippen molar-refractivity contribution in [2.45, 2.75) is 26.2 Å². The van der Waals surface area contributed by atoms with E-state index in [-0.39, 0.29) is 0 Å². The maximum absolute atomic E-state index is 6.40. The molecule has 0 N–H and O–H groups in total. The van der Waals surface area contributed by atoms with Gasteiger partial charge in [0.15, 0.2) is 14.8 Å². The summed E-state index contributed by atoms with van der Waals surface area (Å²) in [5, 5.41) is 2.12. The fourth-order valence-electron chi connectivity index (χ4n) is 1.56. The van der Waals surface area contributed by atoms with Crippen LogP contribution in [-0.2, 0) is 0 Å². The molecular weight excluding hydrogens is 295 g/mol. The predicted octanol–water partition coefficient (Wildman–Crippen LogP) is 5.68. The minimum Gasteiger partial charge on any atom is -0.162 e. The van der Waals surface area contributed by atoms with Gasteiger partial charge in [-0.25, -0.2) is 0 Å². The van der Waals surface area contributed by atoms with E-state index in [0.29, 0.717) is 0 Å². The van der Waals surface area contributed by atoms with Crippen LogP contribution in [0.15, 0.2) is 37.4 Å². The Morgan fingerprint density at radius 1 is 0.778 bits per heavy atom. The van der Waals surface area contributed by atoms with Crippen LogP contribution >= 0.6 is 22.2 Å². The highest BCUT2D eigenvalue weighted by Gasteiger charge is 2.24. The van der Waals surface area contributed by atoms with Gasteiger partial charge >= 0.3 is 0 Å². The normalized spacial score (nSPS) is 12.3. The van der Waals surface area contributed by atoms with E-state index in [0.717, 1.165) is 21.5 Å². The predicted molar refractivity (Wildman–Crippen MR) is 91.2 cm³/mol. The van der Waals surface area contributed by atoms with Crippen LogP contribution in [0.1, 0.15) is 11.1 Å². The molecule has 0 fully saturated rings. The van der Waals surface area contributed by atoms with Crippen LogP contribution in [0.3, 0.4) is 0 Å². The van der Waals surface area contributed by atoms with Gasteiger partial charge in [-0.2, -0.15) is 22.2 Å². The summed E-state index contributed by atoms with van der Waals surface area (Å²) in [5.41, 5.74) is 2.24. The number of halogens is 2. The molecule has 4 heteroatoms. The van der Waals surface area contributed by atoms with Crippen molar-refractivity contribution >= 4 is 47.3 Å². The summed E-state index contributed by atoms with van der Waals surface area (Å²) in [6.07, 6.45) is 0. The molecule has 0 aromatic heterocycles. The zero-order valence-electron chi connectivity index (χ0n) is 11.5. The van der Waals surface area contributed by atoms with Crippen molar-refractivity contribution in [2.75, 3.05) is 0 Å². The highest BCUT2D eigenvalue weighted by Crippen LogP contribution is 2.30. The van der Waals surface area contributed by atoms with Crippen molar-refractivity contribution in [2.24, 2.45) is 0 Å². The van der Waals surface area contributed by atoms with E-state index in [1.165, 1.54) is 0 Å². The maximum Gasteiger partial charge on any atom is 0.180 e. The van der Waals surface area contributed by atoms with Gasteiger partial charge in [-0.05, 0) is 21.5 Å². The molecule has 0 unspecified atom stereocenters. The third-order valence-corrected chi connectivity index (χ3v) is 7.83. The first-order chi connectivity index (χ1) is 8.03. The van der Waals surface area contributed by atoms with Gasteiger partial charge in [0, 0.05) is 0 Å². The fourth-order valence-corrected chi connectivity index (χ4v) is 3.92. The second-order valence-corrected chi connectivity index (χ2v) is 18.2. The molecule has 18 heavy (non-hydrogen) atoms. The second-order valence-electron chi connectivity index (χ2n) is 5.48. The first kappa shape index (κ1) is 15.8. The minimum absolute atomic E-state index is 1.06. The van der Waals surface area contributed by atoms with Gasteiger partial charge in [0.25, 0.3) is 0 Å². The van der Waals surface area contributed by atoms with Crippen LogP contribution < -0.4 is 0 Å². The number of hydrogen-bond donors (Lipinski definition) is 0. The first-order valence-corrected chi connectivity index (χ1v) is 13.9. The zero-order chi connectivity index (χ0) is 14.1. The molecule has 0 saturated carbocycles. The Morgan fingerprint density at radius 3 is 1.17 bits per heavy atom. The topological polar surface area (TPSA) is 0 Å². The van der Waals surface area contributed by atoms with Gasteiger partial charge in [-0.3, -0.25) is 0 Å². The third kappa shape index (κ3) is 3.85. The van der Waals surface area contributed by atoms with Crippen molar-refractivity contribution in [3.8, 4) is 0 Å². The second kappa shape index (κ2) is 5.37. The lowest BCUT2D eigenvalue weighted by Crippen LogP contribution is -2.19. The monoisotopic (exact) mass is 314 g/mol. The molecule has 0 saturated heterocycles. The summed E-state index contributed by atoms with van der Waals surface area (Å²) in [7, 11) is -3.69. The molecule has 1 aromatic carbocycles. The molecule has 0 aliphatic heterocycles. The lowest BCUT2D eigenvalue weighted by molar-refractivity contribution is 1.59. The molecule has 0 atom stereocenters. The number of rotatable bonds is 4. The van der Waals surface area contributed by atoms with Gasteiger partial charge in [0.2, 0.25) is 0 Å². The van der Waals surface area contributed by atoms with Crippen LogP contribution in [-0.4, -0.2) is 14.8 Å². The zero-order valence-corrected chi connectivity index (χ0v) is 15.0. The Bertz CT molecular complexity index is 417. The summed E-state index contributed by atoms with van der Waals surface area (Å²) in [6, 6.07) is 8.27. The van der Waals surface area contributed by atoms with Gasteiger partial charge in [-0.15, -0.1) is 0 Å². The van der Waals surface area contributed by atoms with Crippen molar-refractivity contribution < 1.29 is 0 Å². The average molecular weight is 315 g/mol. The summed E-state index contributed by atoms with van der Waals surface area (Å²) >= 11 is 12.8. The number of hydrogen-bond acceptors (Lipinski definition) is 0. The van der Waals surface area contributed by atoms with Crippen LogP contribution in [0.4, 0.5) is 0 Å². The standard InChI is InChI=1S/C14H20Cl2Si2/c1-11(17(3,4)15)13-7-9-14(10-8-13)12(2)18(5,6)16/h7-10H,1-2H2,3-6H3. The van der Waals surface area contributed by atoms with Gasteiger partial charge in [0.1, 0.15) is 0 Å². The van der Waals surface area contributed by atoms with Crippen molar-refractivity contribution in [3.05, 3.63) is 48.6 Å². The molecule has 0 amide bonds. The van der Waals surface area contributed by atoms with E-state index < -0.39 is 14.8 Å². The summed E-state index contributed by atoms with van der Waals surface area (Å²) in [5.74, 6) is 0. The Kier molecular flexibility index (Phi) is 4.71. The van der Waals surface area contributed by atoms with E-state index in [1.807, 2.05) is 0 Å². The summed E-state index contributed by atoms with van der Waals surface area (Å²) in [6.45, 7) is 16.5. The highest BCUT2D eigenvalue weighted by atomic mass is 35.6. The molecule has 0 radical (unpaired) electrons. The lowest BCUT2D eigenvalue weighted by Gasteiger charge is -2.19. The average Bonchev–Trinajstić information content (AvgIpc) is 2.25. The van der Waals surface area contributed by atoms with Crippen molar-refractivity contribution in [1.82, 2.24) is 0 Å². The summed E-state index contributed by atoms with van der Waals surface area (Å²) in [4.78, 5) is 0. The van der Waals surface area contributed by atoms with Crippen molar-refractivity contribution in [1.29, 1.82) is 0 Å². The van der Waals surface area contributed by atoms with E-state index in [4.69, 9.17) is 22.2 Å². The summed E-state index contributed by atoms with van der Waals surface area (Å²) < 4.78 is 0. The smallest absolute Gasteiger partial charge is 0.162 e. The Balaban J connectivity index is 3.01. The lowest BCUT2D eigenvalue weighted by atomic mass is 10.1. The Hall–Kier alpha value is -0.286. The Labute approximate surface area is 122 Å². The molecule has 0 bridgehead atoms. The minimum atomic E-state index is -1.84. The largest absolute Gasteiger partial charge is 0.180 e. The number of benzene rings is 1. The molecule has 0 aliphatic rings. The Morgan fingerprint density at radius 2 is 1.00 bits per heavy atom. The van der Waals surface area contributed by atoms with E-state index in [9.17, 15) is 0 Å². The van der Waals surface area contributed by atoms with Crippen LogP contribution in [0.5, 0.6) is 0 Å². The van der Waals surface area contributed by atoms with Gasteiger partial charge in [0.05, 0.1) is 0 Å². The van der Waals surface area contributed by atoms with E-state index in [1.54, 1.807) is 0 Å². The van der Waals surface area contributed by atoms with Gasteiger partial charge < -0.3 is 0 Å². The molecule has 98 valence electrons. The van der Waals surface area contributed by atoms with E-state index >= 15 is 0 Å². The fraction of sp³-hybridized carbons (Fsp3) is 0.286. The molecule has 1 aromatic rings. The van der Waals surface area contributed by atoms with E-state index in [2.05, 4.69) is 63.6 Å². The molecule has 0 aliphatic carbocycles. The third-order valence-electron chi connectivity index (χ3n) is 3.02. The molecule has 0 nitrogen and oxygen atoms in total. The van der Waals surface area contributed by atoms with Gasteiger partial charge in [-0.1, -0.05) is 63.6 Å². The molecule has 0 spiro atoms. The van der Waals surface area contributed by atoms with Crippen LogP contribution in [0, 0.1) is 0 Å². The SMILES string of the molecule is C=C(c1ccc(C(=C)[Si](C)(C)Cl)cc1)[Si](C)(C)Cl. The highest BCUT2D eigenvalue weighted by molar-refractivity contribution is 7.29.